The van der Waals surface area contributed by atoms with Crippen LogP contribution in [-0.4, -0.2) is 29.9 Å². The maximum Gasteiger partial charge on any atom is 0.255 e. The molecule has 2 N–H and O–H groups in total. The van der Waals surface area contributed by atoms with E-state index in [0.29, 0.717) is 17.8 Å². The largest absolute Gasteiger partial charge is 0.371 e. The van der Waals surface area contributed by atoms with Gasteiger partial charge in [0.25, 0.3) is 5.91 Å². The van der Waals surface area contributed by atoms with E-state index >= 15 is 0 Å². The van der Waals surface area contributed by atoms with Gasteiger partial charge in [-0.1, -0.05) is 30.3 Å². The van der Waals surface area contributed by atoms with Crippen molar-refractivity contribution in [3.8, 4) is 0 Å². The number of rotatable bonds is 6. The van der Waals surface area contributed by atoms with Crippen LogP contribution in [0.4, 0.5) is 11.4 Å². The van der Waals surface area contributed by atoms with Crippen molar-refractivity contribution in [1.29, 1.82) is 0 Å². The molecule has 1 aliphatic rings. The molecule has 0 aliphatic carbocycles. The van der Waals surface area contributed by atoms with Crippen LogP contribution < -0.4 is 15.5 Å². The molecule has 1 aromatic heterocycles. The Kier molecular flexibility index (Phi) is 6.03. The van der Waals surface area contributed by atoms with Crippen molar-refractivity contribution >= 4 is 23.2 Å². The molecule has 4 rings (SSSR count). The number of pyridine rings is 1. The van der Waals surface area contributed by atoms with Gasteiger partial charge in [-0.2, -0.15) is 0 Å². The van der Waals surface area contributed by atoms with Crippen molar-refractivity contribution < 1.29 is 9.59 Å². The SMILES string of the molecule is O=C(Nc1ccncc1)c1ccc(CNC(=O)C2CCN(c3ccccc3)C2)cc1. The quantitative estimate of drug-likeness (QED) is 0.664. The van der Waals surface area contributed by atoms with Gasteiger partial charge in [0.05, 0.1) is 5.92 Å². The standard InChI is InChI=1S/C24H24N4O2/c29-23(20-12-15-28(17-20)22-4-2-1-3-5-22)26-16-18-6-8-19(9-7-18)24(30)27-21-10-13-25-14-11-21/h1-11,13-14,20H,12,15-17H2,(H,26,29)(H,25,27,30). The average molecular weight is 400 g/mol. The van der Waals surface area contributed by atoms with Crippen LogP contribution >= 0.6 is 0 Å². The molecule has 30 heavy (non-hydrogen) atoms. The number of para-hydroxylation sites is 1. The number of nitrogens with one attached hydrogen (secondary N) is 2. The summed E-state index contributed by atoms with van der Waals surface area (Å²) in [6.45, 7) is 2.08. The first-order chi connectivity index (χ1) is 14.7. The van der Waals surface area contributed by atoms with Gasteiger partial charge in [0.2, 0.25) is 5.91 Å². The number of nitrogens with zero attached hydrogens (tertiary/aromatic N) is 2. The predicted molar refractivity (Wildman–Crippen MR) is 117 cm³/mol. The Hall–Kier alpha value is -3.67. The number of carbonyl (C=O) groups is 2. The van der Waals surface area contributed by atoms with Crippen LogP contribution in [0.5, 0.6) is 0 Å². The molecule has 6 heteroatoms. The second-order valence-electron chi connectivity index (χ2n) is 7.37. The van der Waals surface area contributed by atoms with Crippen molar-refractivity contribution in [2.75, 3.05) is 23.3 Å². The van der Waals surface area contributed by atoms with E-state index in [1.807, 2.05) is 30.3 Å². The van der Waals surface area contributed by atoms with Crippen LogP contribution in [0.15, 0.2) is 79.1 Å². The molecule has 0 bridgehead atoms. The van der Waals surface area contributed by atoms with E-state index in [2.05, 4.69) is 32.7 Å². The van der Waals surface area contributed by atoms with E-state index in [1.165, 1.54) is 0 Å². The molecule has 1 saturated heterocycles. The first kappa shape index (κ1) is 19.6. The predicted octanol–water partition coefficient (Wildman–Crippen LogP) is 3.48. The lowest BCUT2D eigenvalue weighted by molar-refractivity contribution is -0.124. The molecule has 0 radical (unpaired) electrons. The van der Waals surface area contributed by atoms with Crippen molar-refractivity contribution in [1.82, 2.24) is 10.3 Å². The van der Waals surface area contributed by atoms with Gasteiger partial charge in [-0.15, -0.1) is 0 Å². The minimum absolute atomic E-state index is 0.00406. The molecule has 152 valence electrons. The molecule has 1 unspecified atom stereocenters. The highest BCUT2D eigenvalue weighted by Gasteiger charge is 2.28. The van der Waals surface area contributed by atoms with Crippen molar-refractivity contribution in [3.63, 3.8) is 0 Å². The summed E-state index contributed by atoms with van der Waals surface area (Å²) in [4.78, 5) is 31.1. The Balaban J connectivity index is 1.27. The molecular weight excluding hydrogens is 376 g/mol. The van der Waals surface area contributed by atoms with Gasteiger partial charge in [0.15, 0.2) is 0 Å². The summed E-state index contributed by atoms with van der Waals surface area (Å²) < 4.78 is 0. The smallest absolute Gasteiger partial charge is 0.255 e. The lowest BCUT2D eigenvalue weighted by Gasteiger charge is -2.18. The number of amides is 2. The Bertz CT molecular complexity index is 991. The van der Waals surface area contributed by atoms with Crippen molar-refractivity contribution in [3.05, 3.63) is 90.3 Å². The molecule has 2 aromatic carbocycles. The van der Waals surface area contributed by atoms with Gasteiger partial charge in [0.1, 0.15) is 0 Å². The van der Waals surface area contributed by atoms with Gasteiger partial charge in [0, 0.05) is 49.0 Å². The van der Waals surface area contributed by atoms with E-state index in [9.17, 15) is 9.59 Å². The molecule has 2 heterocycles. The number of anilines is 2. The van der Waals surface area contributed by atoms with E-state index in [-0.39, 0.29) is 17.7 Å². The van der Waals surface area contributed by atoms with E-state index < -0.39 is 0 Å². The van der Waals surface area contributed by atoms with Gasteiger partial charge >= 0.3 is 0 Å². The lowest BCUT2D eigenvalue weighted by atomic mass is 10.1. The number of carbonyl (C=O) groups excluding carboxylic acids is 2. The zero-order valence-corrected chi connectivity index (χ0v) is 16.6. The van der Waals surface area contributed by atoms with Gasteiger partial charge in [-0.25, -0.2) is 0 Å². The third kappa shape index (κ3) is 4.84. The molecule has 1 aliphatic heterocycles. The summed E-state index contributed by atoms with van der Waals surface area (Å²) in [5.41, 5.74) is 3.39. The van der Waals surface area contributed by atoms with Crippen molar-refractivity contribution in [2.24, 2.45) is 5.92 Å². The van der Waals surface area contributed by atoms with E-state index in [0.717, 1.165) is 30.8 Å². The number of hydrogen-bond acceptors (Lipinski definition) is 4. The van der Waals surface area contributed by atoms with E-state index in [1.54, 1.807) is 36.7 Å². The third-order valence-corrected chi connectivity index (χ3v) is 5.30. The topological polar surface area (TPSA) is 74.3 Å². The van der Waals surface area contributed by atoms with Crippen LogP contribution in [-0.2, 0) is 11.3 Å². The third-order valence-electron chi connectivity index (χ3n) is 5.30. The minimum atomic E-state index is -0.177. The summed E-state index contributed by atoms with van der Waals surface area (Å²) in [6, 6.07) is 20.9. The van der Waals surface area contributed by atoms with Gasteiger partial charge < -0.3 is 15.5 Å². The fourth-order valence-electron chi connectivity index (χ4n) is 3.59. The molecule has 6 nitrogen and oxygen atoms in total. The number of benzene rings is 2. The Labute approximate surface area is 175 Å². The Morgan fingerprint density at radius 1 is 0.967 bits per heavy atom. The summed E-state index contributed by atoms with van der Waals surface area (Å²) in [5, 5.41) is 5.86. The fourth-order valence-corrected chi connectivity index (χ4v) is 3.59. The number of aromatic nitrogens is 1. The molecule has 3 aromatic rings. The summed E-state index contributed by atoms with van der Waals surface area (Å²) in [6.07, 6.45) is 4.12. The zero-order valence-electron chi connectivity index (χ0n) is 16.6. The van der Waals surface area contributed by atoms with Gasteiger partial charge in [-0.05, 0) is 48.4 Å². The van der Waals surface area contributed by atoms with E-state index in [4.69, 9.17) is 0 Å². The second-order valence-corrected chi connectivity index (χ2v) is 7.37. The van der Waals surface area contributed by atoms with Crippen molar-refractivity contribution in [2.45, 2.75) is 13.0 Å². The summed E-state index contributed by atoms with van der Waals surface area (Å²) in [5.74, 6) is -0.104. The maximum atomic E-state index is 12.6. The van der Waals surface area contributed by atoms with Crippen LogP contribution in [0.25, 0.3) is 0 Å². The first-order valence-electron chi connectivity index (χ1n) is 10.1. The van der Waals surface area contributed by atoms with Crippen LogP contribution in [0.3, 0.4) is 0 Å². The second kappa shape index (κ2) is 9.22. The highest BCUT2D eigenvalue weighted by molar-refractivity contribution is 6.04. The monoisotopic (exact) mass is 400 g/mol. The zero-order chi connectivity index (χ0) is 20.8. The molecule has 1 atom stereocenters. The van der Waals surface area contributed by atoms with Crippen LogP contribution in [0.1, 0.15) is 22.3 Å². The first-order valence-corrected chi connectivity index (χ1v) is 10.1. The Morgan fingerprint density at radius 3 is 2.43 bits per heavy atom. The highest BCUT2D eigenvalue weighted by Crippen LogP contribution is 2.23. The average Bonchev–Trinajstić information content (AvgIpc) is 3.30. The molecule has 0 spiro atoms. The summed E-state index contributed by atoms with van der Waals surface area (Å²) in [7, 11) is 0. The molecule has 1 fully saturated rings. The molecule has 2 amide bonds. The van der Waals surface area contributed by atoms with Crippen LogP contribution in [0.2, 0.25) is 0 Å². The summed E-state index contributed by atoms with van der Waals surface area (Å²) >= 11 is 0. The maximum absolute atomic E-state index is 12.6. The van der Waals surface area contributed by atoms with Gasteiger partial charge in [-0.3, -0.25) is 14.6 Å². The Morgan fingerprint density at radius 2 is 1.70 bits per heavy atom. The van der Waals surface area contributed by atoms with Crippen LogP contribution in [0, 0.1) is 5.92 Å². The highest BCUT2D eigenvalue weighted by atomic mass is 16.2. The molecular formula is C24H24N4O2. The number of hydrogen-bond donors (Lipinski definition) is 2. The minimum Gasteiger partial charge on any atom is -0.371 e. The lowest BCUT2D eigenvalue weighted by Crippen LogP contribution is -2.32. The normalized spacial score (nSPS) is 15.6. The fraction of sp³-hybridized carbons (Fsp3) is 0.208. The molecule has 0 saturated carbocycles.